The predicted octanol–water partition coefficient (Wildman–Crippen LogP) is 3.48. The van der Waals surface area contributed by atoms with Crippen LogP contribution in [0.1, 0.15) is 37.3 Å². The lowest BCUT2D eigenvalue weighted by Gasteiger charge is -2.30. The maximum atomic E-state index is 5.39. The molecule has 0 radical (unpaired) electrons. The maximum Gasteiger partial charge on any atom is 0.177 e. The van der Waals surface area contributed by atoms with Crippen LogP contribution in [-0.4, -0.2) is 29.7 Å². The van der Waals surface area contributed by atoms with Gasteiger partial charge in [-0.3, -0.25) is 0 Å². The van der Waals surface area contributed by atoms with Gasteiger partial charge in [-0.2, -0.15) is 0 Å². The summed E-state index contributed by atoms with van der Waals surface area (Å²) in [4.78, 5) is 2.64. The van der Waals surface area contributed by atoms with Crippen molar-refractivity contribution in [3.63, 3.8) is 0 Å². The molecule has 0 atom stereocenters. The first kappa shape index (κ1) is 11.0. The third-order valence-electron chi connectivity index (χ3n) is 4.29. The van der Waals surface area contributed by atoms with Gasteiger partial charge in [0, 0.05) is 12.5 Å². The monoisotopic (exact) mass is 262 g/mol. The van der Waals surface area contributed by atoms with E-state index in [4.69, 9.17) is 4.52 Å². The van der Waals surface area contributed by atoms with E-state index in [9.17, 15) is 0 Å². The minimum atomic E-state index is 0.611. The number of nitrogens with zero attached hydrogens (tertiary/aromatic N) is 2. The molecule has 0 unspecified atom stereocenters. The van der Waals surface area contributed by atoms with Gasteiger partial charge in [-0.25, -0.2) is 0 Å². The zero-order valence-electron chi connectivity index (χ0n) is 10.5. The van der Waals surface area contributed by atoms with Gasteiger partial charge < -0.3 is 9.42 Å². The molecule has 2 fully saturated rings. The maximum absolute atomic E-state index is 5.39. The molecule has 96 valence electrons. The van der Waals surface area contributed by atoms with Crippen molar-refractivity contribution in [2.75, 3.05) is 19.6 Å². The number of aromatic nitrogens is 1. The Morgan fingerprint density at radius 2 is 2.11 bits per heavy atom. The molecule has 4 rings (SSSR count). The first-order chi connectivity index (χ1) is 8.90. The van der Waals surface area contributed by atoms with Gasteiger partial charge in [0.2, 0.25) is 0 Å². The number of rotatable bonds is 3. The molecule has 1 aliphatic heterocycles. The summed E-state index contributed by atoms with van der Waals surface area (Å²) in [6.07, 6.45) is 5.40. The number of thiophene rings is 1. The lowest BCUT2D eigenvalue weighted by Crippen LogP contribution is -2.34. The zero-order chi connectivity index (χ0) is 11.9. The molecule has 0 bridgehead atoms. The van der Waals surface area contributed by atoms with Crippen LogP contribution < -0.4 is 0 Å². The SMILES string of the molecule is c1cc2onc(C3CCN(CC4CC4)CC3)c2s1. The van der Waals surface area contributed by atoms with Gasteiger partial charge in [0.15, 0.2) is 5.58 Å². The van der Waals surface area contributed by atoms with Crippen LogP contribution >= 0.6 is 11.3 Å². The fraction of sp³-hybridized carbons (Fsp3) is 0.643. The van der Waals surface area contributed by atoms with E-state index in [0.29, 0.717) is 5.92 Å². The Morgan fingerprint density at radius 1 is 1.28 bits per heavy atom. The van der Waals surface area contributed by atoms with Gasteiger partial charge in [0.05, 0.1) is 4.70 Å². The third kappa shape index (κ3) is 1.97. The van der Waals surface area contributed by atoms with Crippen molar-refractivity contribution >= 4 is 21.6 Å². The van der Waals surface area contributed by atoms with E-state index in [1.165, 1.54) is 55.7 Å². The van der Waals surface area contributed by atoms with E-state index in [2.05, 4.69) is 15.4 Å². The summed E-state index contributed by atoms with van der Waals surface area (Å²) < 4.78 is 6.66. The number of likely N-dealkylation sites (tertiary alicyclic amines) is 1. The Bertz CT molecular complexity index is 535. The topological polar surface area (TPSA) is 29.3 Å². The minimum Gasteiger partial charge on any atom is -0.355 e. The Labute approximate surface area is 111 Å². The van der Waals surface area contributed by atoms with Crippen molar-refractivity contribution < 1.29 is 4.52 Å². The van der Waals surface area contributed by atoms with Crippen LogP contribution in [-0.2, 0) is 0 Å². The molecule has 2 aromatic heterocycles. The molecule has 4 heteroatoms. The van der Waals surface area contributed by atoms with Gasteiger partial charge in [-0.1, -0.05) is 5.16 Å². The quantitative estimate of drug-likeness (QED) is 0.848. The smallest absolute Gasteiger partial charge is 0.177 e. The zero-order valence-corrected chi connectivity index (χ0v) is 11.3. The predicted molar refractivity (Wildman–Crippen MR) is 73.0 cm³/mol. The van der Waals surface area contributed by atoms with E-state index in [1.807, 2.05) is 6.07 Å². The molecule has 0 amide bonds. The Morgan fingerprint density at radius 3 is 2.89 bits per heavy atom. The number of hydrogen-bond acceptors (Lipinski definition) is 4. The average molecular weight is 262 g/mol. The summed E-state index contributed by atoms with van der Waals surface area (Å²) in [5.74, 6) is 1.62. The van der Waals surface area contributed by atoms with Crippen molar-refractivity contribution in [1.82, 2.24) is 10.1 Å². The van der Waals surface area contributed by atoms with Crippen molar-refractivity contribution in [2.24, 2.45) is 5.92 Å². The highest BCUT2D eigenvalue weighted by atomic mass is 32.1. The van der Waals surface area contributed by atoms with Crippen molar-refractivity contribution in [1.29, 1.82) is 0 Å². The molecule has 3 nitrogen and oxygen atoms in total. The summed E-state index contributed by atoms with van der Waals surface area (Å²) >= 11 is 1.77. The lowest BCUT2D eigenvalue weighted by molar-refractivity contribution is 0.202. The van der Waals surface area contributed by atoms with Gasteiger partial charge in [-0.05, 0) is 56.1 Å². The molecule has 0 spiro atoms. The molecule has 2 aromatic rings. The first-order valence-corrected chi connectivity index (χ1v) is 7.83. The molecular weight excluding hydrogens is 244 g/mol. The Balaban J connectivity index is 1.45. The van der Waals surface area contributed by atoms with Crippen LogP contribution in [0.2, 0.25) is 0 Å². The summed E-state index contributed by atoms with van der Waals surface area (Å²) in [7, 11) is 0. The minimum absolute atomic E-state index is 0.611. The van der Waals surface area contributed by atoms with E-state index in [1.54, 1.807) is 11.3 Å². The van der Waals surface area contributed by atoms with Gasteiger partial charge in [0.25, 0.3) is 0 Å². The van der Waals surface area contributed by atoms with Crippen LogP contribution in [0.25, 0.3) is 10.3 Å². The van der Waals surface area contributed by atoms with Crippen molar-refractivity contribution in [3.8, 4) is 0 Å². The highest BCUT2D eigenvalue weighted by Gasteiger charge is 2.29. The Kier molecular flexibility index (Phi) is 2.66. The van der Waals surface area contributed by atoms with Crippen LogP contribution in [0.3, 0.4) is 0 Å². The fourth-order valence-electron chi connectivity index (χ4n) is 3.01. The van der Waals surface area contributed by atoms with E-state index >= 15 is 0 Å². The van der Waals surface area contributed by atoms with Crippen molar-refractivity contribution in [3.05, 3.63) is 17.1 Å². The molecule has 1 saturated heterocycles. The molecule has 1 saturated carbocycles. The second kappa shape index (κ2) is 4.35. The molecule has 0 aromatic carbocycles. The highest BCUT2D eigenvalue weighted by Crippen LogP contribution is 2.36. The van der Waals surface area contributed by atoms with Gasteiger partial charge >= 0.3 is 0 Å². The molecule has 1 aliphatic carbocycles. The second-order valence-corrected chi connectivity index (χ2v) is 6.62. The molecule has 18 heavy (non-hydrogen) atoms. The largest absolute Gasteiger partial charge is 0.355 e. The van der Waals surface area contributed by atoms with Gasteiger partial charge in [0.1, 0.15) is 5.69 Å². The summed E-state index contributed by atoms with van der Waals surface area (Å²) in [6, 6.07) is 2.03. The highest BCUT2D eigenvalue weighted by molar-refractivity contribution is 7.17. The van der Waals surface area contributed by atoms with Crippen LogP contribution in [0, 0.1) is 5.92 Å². The van der Waals surface area contributed by atoms with Crippen LogP contribution in [0.4, 0.5) is 0 Å². The molecular formula is C14H18N2OS. The second-order valence-electron chi connectivity index (χ2n) is 5.70. The van der Waals surface area contributed by atoms with E-state index < -0.39 is 0 Å². The summed E-state index contributed by atoms with van der Waals surface area (Å²) in [5, 5.41) is 6.39. The fourth-order valence-corrected chi connectivity index (χ4v) is 3.88. The molecule has 0 N–H and O–H groups in total. The van der Waals surface area contributed by atoms with Crippen LogP contribution in [0.5, 0.6) is 0 Å². The van der Waals surface area contributed by atoms with E-state index in [-0.39, 0.29) is 0 Å². The standard InChI is InChI=1S/C14H18N2OS/c1-2-10(1)9-16-6-3-11(4-7-16)13-14-12(17-15-13)5-8-18-14/h5,8,10-11H,1-4,6-7,9H2. The summed E-state index contributed by atoms with van der Waals surface area (Å²) in [6.45, 7) is 3.81. The first-order valence-electron chi connectivity index (χ1n) is 6.95. The molecule has 3 heterocycles. The Hall–Kier alpha value is -0.870. The third-order valence-corrected chi connectivity index (χ3v) is 5.21. The average Bonchev–Trinajstić information content (AvgIpc) is 2.93. The van der Waals surface area contributed by atoms with Crippen molar-refractivity contribution in [2.45, 2.75) is 31.6 Å². The van der Waals surface area contributed by atoms with Gasteiger partial charge in [-0.15, -0.1) is 11.3 Å². The normalized spacial score (nSPS) is 22.9. The number of piperidine rings is 1. The van der Waals surface area contributed by atoms with Crippen LogP contribution in [0.15, 0.2) is 16.0 Å². The summed E-state index contributed by atoms with van der Waals surface area (Å²) in [5.41, 5.74) is 2.18. The molecule has 2 aliphatic rings. The lowest BCUT2D eigenvalue weighted by atomic mass is 9.93. The van der Waals surface area contributed by atoms with E-state index in [0.717, 1.165) is 11.5 Å². The number of fused-ring (bicyclic) bond motifs is 1. The number of hydrogen-bond donors (Lipinski definition) is 0.